The second-order valence-corrected chi connectivity index (χ2v) is 12.8. The maximum Gasteiger partial charge on any atom is 0.253 e. The summed E-state index contributed by atoms with van der Waals surface area (Å²) in [6, 6.07) is 18.1. The first-order valence-corrected chi connectivity index (χ1v) is 16.0. The monoisotopic (exact) mass is 635 g/mol. The lowest BCUT2D eigenvalue weighted by Crippen LogP contribution is -2.43. The third-order valence-corrected chi connectivity index (χ3v) is 9.92. The summed E-state index contributed by atoms with van der Waals surface area (Å²) in [6.07, 6.45) is 7.75. The fourth-order valence-corrected chi connectivity index (χ4v) is 7.46. The molecular weight excluding hydrogens is 600 g/mol. The molecule has 6 rings (SSSR count). The smallest absolute Gasteiger partial charge is 0.253 e. The van der Waals surface area contributed by atoms with Gasteiger partial charge in [-0.05, 0) is 80.0 Å². The van der Waals surface area contributed by atoms with Crippen LogP contribution in [0.3, 0.4) is 0 Å². The quantitative estimate of drug-likeness (QED) is 0.170. The largest absolute Gasteiger partial charge is 0.495 e. The molecule has 4 aromatic rings. The predicted molar refractivity (Wildman–Crippen MR) is 172 cm³/mol. The lowest BCUT2D eigenvalue weighted by molar-refractivity contribution is 0.0807. The second kappa shape index (κ2) is 13.3. The highest BCUT2D eigenvalue weighted by Gasteiger charge is 2.40. The molecule has 2 saturated heterocycles. The number of aromatic nitrogens is 1. The van der Waals surface area contributed by atoms with Crippen LogP contribution in [0.1, 0.15) is 64.8 Å². The molecule has 2 bridgehead atoms. The molecule has 0 unspecified atom stereocenters. The molecule has 0 radical (unpaired) electrons. The van der Waals surface area contributed by atoms with E-state index in [9.17, 15) is 14.0 Å². The summed E-state index contributed by atoms with van der Waals surface area (Å²) < 4.78 is 21.4. The number of fused-ring (bicyclic) bond motifs is 3. The molecule has 2 aliphatic rings. The minimum Gasteiger partial charge on any atom is -0.495 e. The van der Waals surface area contributed by atoms with Crippen molar-refractivity contribution in [3.8, 4) is 5.75 Å². The van der Waals surface area contributed by atoms with Crippen molar-refractivity contribution in [1.29, 1.82) is 0 Å². The SMILES string of the molecule is COc1cccc2c(C(=O)NCc3cccc(F)c3)cn(CCCN3[C@@H]4CC[C@H]3C[C@@H](CC(=O)c3ccc(Cl)c(Cl)c3)C4)c12. The minimum absolute atomic E-state index is 0.130. The number of Topliss-reactive ketones (excluding diaryl/α,β-unsaturated/α-hetero) is 1. The number of amides is 1. The first kappa shape index (κ1) is 30.6. The Morgan fingerprint density at radius 1 is 0.977 bits per heavy atom. The number of ketones is 1. The van der Waals surface area contributed by atoms with Gasteiger partial charge in [-0.3, -0.25) is 14.5 Å². The molecular formula is C35H36Cl2FN3O3. The highest BCUT2D eigenvalue weighted by atomic mass is 35.5. The van der Waals surface area contributed by atoms with Gasteiger partial charge in [0, 0.05) is 55.3 Å². The first-order chi connectivity index (χ1) is 21.3. The van der Waals surface area contributed by atoms with Gasteiger partial charge in [0.05, 0.1) is 28.2 Å². The molecule has 1 N–H and O–H groups in total. The molecule has 3 aromatic carbocycles. The lowest BCUT2D eigenvalue weighted by Gasteiger charge is -2.39. The number of halogens is 3. The Morgan fingerprint density at radius 3 is 2.48 bits per heavy atom. The third-order valence-electron chi connectivity index (χ3n) is 9.18. The van der Waals surface area contributed by atoms with Crippen molar-refractivity contribution in [3.05, 3.63) is 99.4 Å². The zero-order valence-electron chi connectivity index (χ0n) is 24.7. The zero-order valence-corrected chi connectivity index (χ0v) is 26.2. The number of carbonyl (C=O) groups is 2. The van der Waals surface area contributed by atoms with E-state index in [0.29, 0.717) is 51.2 Å². The van der Waals surface area contributed by atoms with Gasteiger partial charge in [0.15, 0.2) is 5.78 Å². The van der Waals surface area contributed by atoms with Crippen molar-refractivity contribution in [3.63, 3.8) is 0 Å². The molecule has 9 heteroatoms. The molecule has 0 saturated carbocycles. The summed E-state index contributed by atoms with van der Waals surface area (Å²) in [5.41, 5.74) is 2.80. The minimum atomic E-state index is -0.326. The van der Waals surface area contributed by atoms with E-state index in [1.807, 2.05) is 24.4 Å². The van der Waals surface area contributed by atoms with E-state index in [2.05, 4.69) is 14.8 Å². The number of methoxy groups -OCH3 is 1. The molecule has 2 aliphatic heterocycles. The number of benzene rings is 3. The number of ether oxygens (including phenoxy) is 1. The summed E-state index contributed by atoms with van der Waals surface area (Å²) >= 11 is 12.2. The van der Waals surface area contributed by atoms with Gasteiger partial charge in [-0.2, -0.15) is 0 Å². The van der Waals surface area contributed by atoms with E-state index < -0.39 is 0 Å². The van der Waals surface area contributed by atoms with Gasteiger partial charge in [-0.25, -0.2) is 4.39 Å². The van der Waals surface area contributed by atoms with Crippen LogP contribution in [0.4, 0.5) is 4.39 Å². The van der Waals surface area contributed by atoms with Crippen molar-refractivity contribution in [2.24, 2.45) is 5.92 Å². The molecule has 0 spiro atoms. The standard InChI is InChI=1S/C35H36Cl2FN3O3/c1-44-33-8-3-7-28-29(35(43)39-20-22-5-2-6-25(38)15-22)21-40(34(28)33)13-4-14-41-26-10-11-27(41)17-23(16-26)18-32(42)24-9-12-30(36)31(37)19-24/h2-3,5-9,12,15,19,21,23,26-27H,4,10-11,13-14,16-18,20H2,1H3,(H,39,43)/t23-,26+,27-. The van der Waals surface area contributed by atoms with Gasteiger partial charge >= 0.3 is 0 Å². The second-order valence-electron chi connectivity index (χ2n) is 12.0. The number of hydrogen-bond donors (Lipinski definition) is 1. The van der Waals surface area contributed by atoms with Crippen LogP contribution in [0.2, 0.25) is 10.0 Å². The average Bonchev–Trinajstić information content (AvgIpc) is 3.50. The summed E-state index contributed by atoms with van der Waals surface area (Å²) in [5, 5.41) is 4.64. The van der Waals surface area contributed by atoms with Crippen molar-refractivity contribution in [1.82, 2.24) is 14.8 Å². The maximum atomic E-state index is 13.6. The Bertz CT molecular complexity index is 1680. The van der Waals surface area contributed by atoms with Crippen LogP contribution in [-0.2, 0) is 13.1 Å². The number of aryl methyl sites for hydroxylation is 1. The van der Waals surface area contributed by atoms with Crippen LogP contribution in [0, 0.1) is 11.7 Å². The number of rotatable bonds is 11. The fourth-order valence-electron chi connectivity index (χ4n) is 7.16. The maximum absolute atomic E-state index is 13.6. The highest BCUT2D eigenvalue weighted by molar-refractivity contribution is 6.42. The number of hydrogen-bond acceptors (Lipinski definition) is 4. The van der Waals surface area contributed by atoms with Crippen LogP contribution in [0.5, 0.6) is 5.75 Å². The van der Waals surface area contributed by atoms with Crippen LogP contribution in [0.15, 0.2) is 66.9 Å². The van der Waals surface area contributed by atoms with E-state index in [4.69, 9.17) is 27.9 Å². The van der Waals surface area contributed by atoms with Crippen LogP contribution in [-0.4, -0.2) is 46.9 Å². The van der Waals surface area contributed by atoms with Gasteiger partial charge in [-0.1, -0.05) is 47.5 Å². The molecule has 6 nitrogen and oxygen atoms in total. The first-order valence-electron chi connectivity index (χ1n) is 15.2. The number of piperidine rings is 1. The summed E-state index contributed by atoms with van der Waals surface area (Å²) in [4.78, 5) is 28.9. The molecule has 2 fully saturated rings. The molecule has 3 atom stereocenters. The zero-order chi connectivity index (χ0) is 30.8. The average molecular weight is 637 g/mol. The number of carbonyl (C=O) groups excluding carboxylic acids is 2. The molecule has 230 valence electrons. The van der Waals surface area contributed by atoms with Gasteiger partial charge in [0.2, 0.25) is 0 Å². The van der Waals surface area contributed by atoms with Gasteiger partial charge in [-0.15, -0.1) is 0 Å². The molecule has 3 heterocycles. The van der Waals surface area contributed by atoms with E-state index >= 15 is 0 Å². The number of nitrogens with one attached hydrogen (secondary N) is 1. The number of nitrogens with zero attached hydrogens (tertiary/aromatic N) is 2. The summed E-state index contributed by atoms with van der Waals surface area (Å²) in [5.74, 6) is 0.691. The predicted octanol–water partition coefficient (Wildman–Crippen LogP) is 7.93. The normalized spacial score (nSPS) is 19.8. The van der Waals surface area contributed by atoms with E-state index in [1.165, 1.54) is 12.1 Å². The van der Waals surface area contributed by atoms with Gasteiger partial charge < -0.3 is 14.6 Å². The third kappa shape index (κ3) is 6.51. The van der Waals surface area contributed by atoms with E-state index in [1.54, 1.807) is 37.4 Å². The van der Waals surface area contributed by atoms with E-state index in [-0.39, 0.29) is 24.1 Å². The molecule has 44 heavy (non-hydrogen) atoms. The van der Waals surface area contributed by atoms with Crippen LogP contribution in [0.25, 0.3) is 10.9 Å². The molecule has 1 aromatic heterocycles. The molecule has 0 aliphatic carbocycles. The fraction of sp³-hybridized carbons (Fsp3) is 0.371. The summed E-state index contributed by atoms with van der Waals surface area (Å²) in [6.45, 7) is 1.94. The van der Waals surface area contributed by atoms with Crippen LogP contribution < -0.4 is 10.1 Å². The van der Waals surface area contributed by atoms with Crippen molar-refractivity contribution < 1.29 is 18.7 Å². The van der Waals surface area contributed by atoms with Gasteiger partial charge in [0.25, 0.3) is 5.91 Å². The Kier molecular flexibility index (Phi) is 9.26. The van der Waals surface area contributed by atoms with Crippen LogP contribution >= 0.6 is 23.2 Å². The Labute approximate surface area is 267 Å². The summed E-state index contributed by atoms with van der Waals surface area (Å²) in [7, 11) is 1.64. The van der Waals surface area contributed by atoms with Crippen molar-refractivity contribution in [2.75, 3.05) is 13.7 Å². The molecule has 1 amide bonds. The van der Waals surface area contributed by atoms with Gasteiger partial charge in [0.1, 0.15) is 11.6 Å². The van der Waals surface area contributed by atoms with Crippen molar-refractivity contribution in [2.45, 2.75) is 63.7 Å². The Hall–Kier alpha value is -3.39. The number of para-hydroxylation sites is 1. The topological polar surface area (TPSA) is 63.6 Å². The van der Waals surface area contributed by atoms with E-state index in [0.717, 1.165) is 61.8 Å². The highest BCUT2D eigenvalue weighted by Crippen LogP contribution is 2.40. The Morgan fingerprint density at radius 2 is 1.75 bits per heavy atom. The lowest BCUT2D eigenvalue weighted by atomic mass is 9.85. The van der Waals surface area contributed by atoms with Crippen molar-refractivity contribution >= 4 is 45.8 Å². The Balaban J connectivity index is 1.09.